The standard InChI is InChI=1S/C44H41F2N5O7S.BrH/c1-44(2,3)58-43(56)48-36-40(54)51-37(42(55)57-38(28-10-6-4-7-11-28)29-12-8-5-9-13-29)31(26-59-41(36)51)22-30-18-21-50(39(30)53)24-27-16-19-49(20-17-27)25-35(52)47-32-14-15-33(45)34(46)23-32;/h4-17,19-20,22-23,36,38,41H,18,21,24-26H2,1-3H3,(H-,47,48,52,56);1H. The fourth-order valence-electron chi connectivity index (χ4n) is 6.95. The minimum absolute atomic E-state index is 0. The van der Waals surface area contributed by atoms with E-state index in [0.717, 1.165) is 28.8 Å². The highest BCUT2D eigenvalue weighted by Gasteiger charge is 2.55. The number of halogens is 3. The normalized spacial score (nSPS) is 18.1. The molecule has 2 unspecified atom stereocenters. The van der Waals surface area contributed by atoms with E-state index in [2.05, 4.69) is 10.6 Å². The van der Waals surface area contributed by atoms with Gasteiger partial charge >= 0.3 is 12.1 Å². The van der Waals surface area contributed by atoms with Crippen molar-refractivity contribution in [2.75, 3.05) is 17.6 Å². The second-order valence-corrected chi connectivity index (χ2v) is 16.3. The number of amides is 4. The maximum Gasteiger partial charge on any atom is 0.408 e. The van der Waals surface area contributed by atoms with Crippen LogP contribution in [-0.4, -0.2) is 68.9 Å². The molecule has 3 aromatic carbocycles. The number of benzene rings is 3. The number of likely N-dealkylation sites (tertiary alicyclic amines) is 1. The summed E-state index contributed by atoms with van der Waals surface area (Å²) in [5, 5.41) is 4.58. The summed E-state index contributed by atoms with van der Waals surface area (Å²) >= 11 is 1.36. The van der Waals surface area contributed by atoms with Gasteiger partial charge in [-0.15, -0.1) is 11.8 Å². The Morgan fingerprint density at radius 2 is 1.58 bits per heavy atom. The highest BCUT2D eigenvalue weighted by atomic mass is 79.9. The third-order valence-electron chi connectivity index (χ3n) is 9.72. The molecule has 2 saturated heterocycles. The van der Waals surface area contributed by atoms with Gasteiger partial charge in [-0.25, -0.2) is 18.4 Å². The first-order chi connectivity index (χ1) is 28.2. The Labute approximate surface area is 360 Å². The van der Waals surface area contributed by atoms with Gasteiger partial charge < -0.3 is 42.0 Å². The molecule has 2 atom stereocenters. The second-order valence-electron chi connectivity index (χ2n) is 15.2. The zero-order chi connectivity index (χ0) is 41.8. The zero-order valence-corrected chi connectivity index (χ0v) is 35.3. The van der Waals surface area contributed by atoms with E-state index in [1.807, 2.05) is 60.7 Å². The minimum atomic E-state index is -1.06. The molecule has 12 nitrogen and oxygen atoms in total. The van der Waals surface area contributed by atoms with Crippen molar-refractivity contribution < 1.29 is 63.8 Å². The molecule has 1 aromatic heterocycles. The molecule has 0 saturated carbocycles. The molecule has 0 radical (unpaired) electrons. The van der Waals surface area contributed by atoms with Gasteiger partial charge in [0.2, 0.25) is 12.5 Å². The van der Waals surface area contributed by atoms with Crippen molar-refractivity contribution >= 4 is 47.2 Å². The minimum Gasteiger partial charge on any atom is -1.00 e. The van der Waals surface area contributed by atoms with E-state index in [0.29, 0.717) is 24.1 Å². The second kappa shape index (κ2) is 18.6. The number of aromatic nitrogens is 1. The van der Waals surface area contributed by atoms with E-state index in [-0.39, 0.29) is 53.1 Å². The largest absolute Gasteiger partial charge is 1.00 e. The molecule has 4 aromatic rings. The number of allylic oxidation sites excluding steroid dienone is 1. The highest BCUT2D eigenvalue weighted by Crippen LogP contribution is 2.43. The zero-order valence-electron chi connectivity index (χ0n) is 32.9. The number of hydrogen-bond acceptors (Lipinski definition) is 8. The quantitative estimate of drug-likeness (QED) is 0.102. The number of alkyl carbamates (subject to hydrolysis) is 1. The molecule has 0 spiro atoms. The van der Waals surface area contributed by atoms with Crippen LogP contribution in [0, 0.1) is 11.6 Å². The summed E-state index contributed by atoms with van der Waals surface area (Å²) < 4.78 is 40.1. The van der Waals surface area contributed by atoms with Gasteiger partial charge in [-0.1, -0.05) is 60.7 Å². The van der Waals surface area contributed by atoms with Crippen LogP contribution in [-0.2, 0) is 41.7 Å². The molecular formula is C44H42BrF2N5O7S. The van der Waals surface area contributed by atoms with Gasteiger partial charge in [0.15, 0.2) is 30.1 Å². The average Bonchev–Trinajstić information content (AvgIpc) is 3.55. The van der Waals surface area contributed by atoms with E-state index >= 15 is 0 Å². The summed E-state index contributed by atoms with van der Waals surface area (Å²) in [7, 11) is 0. The van der Waals surface area contributed by atoms with Crippen molar-refractivity contribution in [2.45, 2.75) is 63.4 Å². The number of anilines is 1. The molecule has 16 heteroatoms. The number of ether oxygens (including phenoxy) is 2. The molecule has 7 rings (SSSR count). The molecule has 4 heterocycles. The first kappa shape index (κ1) is 43.7. The van der Waals surface area contributed by atoms with Crippen LogP contribution in [0.2, 0.25) is 0 Å². The molecule has 60 heavy (non-hydrogen) atoms. The van der Waals surface area contributed by atoms with Gasteiger partial charge in [0.05, 0.1) is 0 Å². The molecule has 2 fully saturated rings. The van der Waals surface area contributed by atoms with Gasteiger partial charge in [0.25, 0.3) is 11.8 Å². The third-order valence-corrected chi connectivity index (χ3v) is 11.0. The predicted octanol–water partition coefficient (Wildman–Crippen LogP) is 2.95. The molecule has 3 aliphatic rings. The molecule has 0 bridgehead atoms. The Hall–Kier alpha value is -5.87. The van der Waals surface area contributed by atoms with Gasteiger partial charge in [-0.05, 0) is 67.7 Å². The fraction of sp³-hybridized carbons (Fsp3) is 0.273. The lowest BCUT2D eigenvalue weighted by molar-refractivity contribution is -0.684. The number of thioether (sulfide) groups is 1. The number of β-lactam (4-membered cyclic amide) rings is 1. The predicted molar refractivity (Wildman–Crippen MR) is 214 cm³/mol. The monoisotopic (exact) mass is 901 g/mol. The van der Waals surface area contributed by atoms with E-state index < -0.39 is 58.6 Å². The number of rotatable bonds is 11. The Morgan fingerprint density at radius 3 is 2.20 bits per heavy atom. The van der Waals surface area contributed by atoms with Crippen LogP contribution in [0.15, 0.2) is 126 Å². The highest BCUT2D eigenvalue weighted by molar-refractivity contribution is 8.00. The summed E-state index contributed by atoms with van der Waals surface area (Å²) in [6.45, 7) is 5.77. The van der Waals surface area contributed by atoms with Crippen molar-refractivity contribution in [3.8, 4) is 0 Å². The van der Waals surface area contributed by atoms with Crippen LogP contribution in [0.5, 0.6) is 0 Å². The Bertz CT molecular complexity index is 2300. The number of fused-ring (bicyclic) bond motifs is 1. The Balaban J connectivity index is 0.00000604. The first-order valence-electron chi connectivity index (χ1n) is 18.9. The lowest BCUT2D eigenvalue weighted by Gasteiger charge is -2.49. The van der Waals surface area contributed by atoms with Crippen molar-refractivity contribution in [1.29, 1.82) is 0 Å². The number of hydrogen-bond donors (Lipinski definition) is 2. The SMILES string of the molecule is CC(C)(C)OC(=O)NC1C(=O)N2C(C(=O)OC(c3ccccc3)c3ccccc3)=C(C=C3CCN(Cc4cc[n+](CC(=O)Nc5ccc(F)c(F)c5)cc4)C3=O)CSC12.[Br-]. The van der Waals surface area contributed by atoms with Crippen LogP contribution in [0.3, 0.4) is 0 Å². The van der Waals surface area contributed by atoms with Crippen LogP contribution < -0.4 is 32.2 Å². The van der Waals surface area contributed by atoms with Crippen LogP contribution in [0.4, 0.5) is 19.3 Å². The summed E-state index contributed by atoms with van der Waals surface area (Å²) in [6.07, 6.45) is 3.89. The van der Waals surface area contributed by atoms with Crippen molar-refractivity contribution in [3.63, 3.8) is 0 Å². The van der Waals surface area contributed by atoms with Crippen molar-refractivity contribution in [2.24, 2.45) is 0 Å². The van der Waals surface area contributed by atoms with E-state index in [4.69, 9.17) is 9.47 Å². The number of nitrogens with zero attached hydrogens (tertiary/aromatic N) is 3. The van der Waals surface area contributed by atoms with Gasteiger partial charge in [-0.2, -0.15) is 4.57 Å². The first-order valence-corrected chi connectivity index (χ1v) is 20.0. The van der Waals surface area contributed by atoms with Crippen molar-refractivity contribution in [3.05, 3.63) is 155 Å². The molecule has 3 aliphatic heterocycles. The van der Waals surface area contributed by atoms with Crippen molar-refractivity contribution in [1.82, 2.24) is 15.1 Å². The van der Waals surface area contributed by atoms with E-state index in [1.165, 1.54) is 22.7 Å². The summed E-state index contributed by atoms with van der Waals surface area (Å²) in [5.41, 5.74) is 2.53. The number of pyridine rings is 1. The van der Waals surface area contributed by atoms with Gasteiger partial charge in [0.1, 0.15) is 22.7 Å². The fourth-order valence-corrected chi connectivity index (χ4v) is 8.25. The molecular weight excluding hydrogens is 860 g/mol. The van der Waals surface area contributed by atoms with Gasteiger partial charge in [0, 0.05) is 48.3 Å². The number of nitrogens with one attached hydrogen (secondary N) is 2. The topological polar surface area (TPSA) is 138 Å². The van der Waals surface area contributed by atoms with Crippen LogP contribution in [0.1, 0.15) is 50.0 Å². The molecule has 2 N–H and O–H groups in total. The number of carbonyl (C=O) groups is 5. The Kier molecular flexibility index (Phi) is 13.5. The lowest BCUT2D eigenvalue weighted by atomic mass is 10.00. The molecule has 0 aliphatic carbocycles. The van der Waals surface area contributed by atoms with E-state index in [9.17, 15) is 32.8 Å². The lowest BCUT2D eigenvalue weighted by Crippen LogP contribution is -3.00. The van der Waals surface area contributed by atoms with Gasteiger partial charge in [-0.3, -0.25) is 19.3 Å². The third kappa shape index (κ3) is 10.1. The number of carbonyl (C=O) groups excluding carboxylic acids is 5. The average molecular weight is 903 g/mol. The van der Waals surface area contributed by atoms with Crippen LogP contribution >= 0.6 is 11.8 Å². The number of esters is 1. The Morgan fingerprint density at radius 1 is 0.933 bits per heavy atom. The summed E-state index contributed by atoms with van der Waals surface area (Å²) in [6, 6.07) is 24.3. The van der Waals surface area contributed by atoms with Crippen LogP contribution in [0.25, 0.3) is 0 Å². The smallest absolute Gasteiger partial charge is 0.408 e. The maximum absolute atomic E-state index is 14.4. The summed E-state index contributed by atoms with van der Waals surface area (Å²) in [4.78, 5) is 70.2. The summed E-state index contributed by atoms with van der Waals surface area (Å²) in [5.74, 6) is -3.74. The molecule has 4 amide bonds. The molecule has 312 valence electrons. The maximum atomic E-state index is 14.4. The van der Waals surface area contributed by atoms with E-state index in [1.54, 1.807) is 60.8 Å².